The van der Waals surface area contributed by atoms with Crippen LogP contribution in [0.3, 0.4) is 0 Å². The zero-order valence-electron chi connectivity index (χ0n) is 7.74. The molecule has 2 rings (SSSR count). The van der Waals surface area contributed by atoms with Crippen molar-refractivity contribution < 1.29 is 0 Å². The van der Waals surface area contributed by atoms with E-state index in [1.54, 1.807) is 10.7 Å². The minimum absolute atomic E-state index is 0.512. The molecule has 0 spiro atoms. The summed E-state index contributed by atoms with van der Waals surface area (Å²) in [5.41, 5.74) is 7.81. The van der Waals surface area contributed by atoms with Gasteiger partial charge >= 0.3 is 0 Å². The number of benzene rings is 1. The van der Waals surface area contributed by atoms with Gasteiger partial charge in [0.05, 0.1) is 5.69 Å². The Balaban J connectivity index is 2.49. The Labute approximate surface area is 90.7 Å². The number of rotatable bonds is 1. The summed E-state index contributed by atoms with van der Waals surface area (Å²) in [7, 11) is 0. The molecule has 0 amide bonds. The van der Waals surface area contributed by atoms with Crippen molar-refractivity contribution in [1.82, 2.24) is 9.78 Å². The maximum Gasteiger partial charge on any atom is 0.147 e. The molecule has 1 aromatic carbocycles. The Kier molecular flexibility index (Phi) is 2.29. The van der Waals surface area contributed by atoms with Crippen LogP contribution in [-0.4, -0.2) is 9.78 Å². The van der Waals surface area contributed by atoms with Gasteiger partial charge in [0.2, 0.25) is 0 Å². The predicted molar refractivity (Wildman–Crippen MR) is 60.4 cm³/mol. The first-order chi connectivity index (χ1) is 6.66. The molecule has 1 heterocycles. The van der Waals surface area contributed by atoms with Crippen molar-refractivity contribution in [3.05, 3.63) is 40.5 Å². The van der Waals surface area contributed by atoms with Gasteiger partial charge in [0, 0.05) is 6.07 Å². The van der Waals surface area contributed by atoms with E-state index in [0.717, 1.165) is 10.3 Å². The van der Waals surface area contributed by atoms with E-state index >= 15 is 0 Å². The van der Waals surface area contributed by atoms with Crippen LogP contribution in [0.15, 0.2) is 34.9 Å². The van der Waals surface area contributed by atoms with Crippen LogP contribution >= 0.6 is 15.9 Å². The van der Waals surface area contributed by atoms with Gasteiger partial charge in [-0.3, -0.25) is 0 Å². The molecule has 0 saturated heterocycles. The summed E-state index contributed by atoms with van der Waals surface area (Å²) in [6, 6.07) is 9.87. The quantitative estimate of drug-likeness (QED) is 0.847. The summed E-state index contributed by atoms with van der Waals surface area (Å²) >= 11 is 3.39. The van der Waals surface area contributed by atoms with E-state index in [4.69, 9.17) is 5.73 Å². The number of aryl methyl sites for hydroxylation is 1. The van der Waals surface area contributed by atoms with Gasteiger partial charge in [0.1, 0.15) is 10.4 Å². The summed E-state index contributed by atoms with van der Waals surface area (Å²) in [6.45, 7) is 2.05. The second-order valence-corrected chi connectivity index (χ2v) is 3.95. The summed E-state index contributed by atoms with van der Waals surface area (Å²) in [5, 5.41) is 4.16. The Bertz CT molecular complexity index is 445. The molecule has 4 heteroatoms. The molecule has 0 fully saturated rings. The minimum Gasteiger partial charge on any atom is -0.382 e. The Morgan fingerprint density at radius 2 is 1.93 bits per heavy atom. The van der Waals surface area contributed by atoms with E-state index in [-0.39, 0.29) is 0 Å². The molecule has 0 radical (unpaired) electrons. The number of nitrogens with two attached hydrogens (primary N) is 1. The summed E-state index contributed by atoms with van der Waals surface area (Å²) in [5.74, 6) is 0.512. The molecule has 0 aliphatic heterocycles. The average molecular weight is 252 g/mol. The van der Waals surface area contributed by atoms with Crippen LogP contribution < -0.4 is 5.73 Å². The first-order valence-electron chi connectivity index (χ1n) is 4.25. The van der Waals surface area contributed by atoms with E-state index in [2.05, 4.69) is 28.0 Å². The Hall–Kier alpha value is -1.29. The molecule has 2 N–H and O–H groups in total. The number of hydrogen-bond donors (Lipinski definition) is 1. The number of hydrogen-bond acceptors (Lipinski definition) is 2. The van der Waals surface area contributed by atoms with Crippen molar-refractivity contribution in [2.24, 2.45) is 0 Å². The van der Waals surface area contributed by atoms with Gasteiger partial charge in [-0.2, -0.15) is 0 Å². The van der Waals surface area contributed by atoms with Crippen molar-refractivity contribution in [3.8, 4) is 5.69 Å². The van der Waals surface area contributed by atoms with Crippen LogP contribution in [0.25, 0.3) is 5.69 Å². The molecule has 14 heavy (non-hydrogen) atoms. The molecule has 0 bridgehead atoms. The normalized spacial score (nSPS) is 10.4. The zero-order chi connectivity index (χ0) is 10.1. The molecular formula is C10H10BrN3. The van der Waals surface area contributed by atoms with Crippen molar-refractivity contribution in [2.75, 3.05) is 5.73 Å². The summed E-state index contributed by atoms with van der Waals surface area (Å²) < 4.78 is 2.62. The van der Waals surface area contributed by atoms with Crippen LogP contribution in [0.1, 0.15) is 5.56 Å². The molecule has 2 aromatic rings. The largest absolute Gasteiger partial charge is 0.382 e. The second-order valence-electron chi connectivity index (χ2n) is 3.14. The van der Waals surface area contributed by atoms with Crippen LogP contribution in [-0.2, 0) is 0 Å². The fraction of sp³-hybridized carbons (Fsp3) is 0.100. The minimum atomic E-state index is 0.512. The first kappa shape index (κ1) is 9.27. The van der Waals surface area contributed by atoms with Gasteiger partial charge in [0.15, 0.2) is 0 Å². The van der Waals surface area contributed by atoms with E-state index in [1.807, 2.05) is 24.3 Å². The fourth-order valence-corrected chi connectivity index (χ4v) is 1.76. The highest BCUT2D eigenvalue weighted by Gasteiger charge is 2.04. The van der Waals surface area contributed by atoms with Crippen LogP contribution in [0.4, 0.5) is 5.82 Å². The van der Waals surface area contributed by atoms with Gasteiger partial charge < -0.3 is 5.73 Å². The van der Waals surface area contributed by atoms with Gasteiger partial charge in [-0.15, -0.1) is 5.10 Å². The van der Waals surface area contributed by atoms with Crippen molar-refractivity contribution >= 4 is 21.7 Å². The number of aromatic nitrogens is 2. The average Bonchev–Trinajstić information content (AvgIpc) is 2.47. The summed E-state index contributed by atoms with van der Waals surface area (Å²) in [4.78, 5) is 0. The highest BCUT2D eigenvalue weighted by atomic mass is 79.9. The molecule has 0 atom stereocenters. The second kappa shape index (κ2) is 3.46. The lowest BCUT2D eigenvalue weighted by Crippen LogP contribution is -1.97. The van der Waals surface area contributed by atoms with Gasteiger partial charge in [-0.1, -0.05) is 17.7 Å². The standard InChI is InChI=1S/C10H10BrN3/c1-7-2-4-8(5-3-7)14-9(11)6-10(12)13-14/h2-6H,1H3,(H2,12,13). The highest BCUT2D eigenvalue weighted by Crippen LogP contribution is 2.18. The van der Waals surface area contributed by atoms with Crippen molar-refractivity contribution in [2.45, 2.75) is 6.92 Å². The lowest BCUT2D eigenvalue weighted by Gasteiger charge is -2.02. The van der Waals surface area contributed by atoms with E-state index < -0.39 is 0 Å². The number of halogens is 1. The molecule has 0 aliphatic carbocycles. The molecule has 1 aromatic heterocycles. The molecule has 0 unspecified atom stereocenters. The number of nitrogens with zero attached hydrogens (tertiary/aromatic N) is 2. The molecule has 3 nitrogen and oxygen atoms in total. The predicted octanol–water partition coefficient (Wildman–Crippen LogP) is 2.53. The number of nitrogen functional groups attached to an aromatic ring is 1. The first-order valence-corrected chi connectivity index (χ1v) is 5.04. The SMILES string of the molecule is Cc1ccc(-n2nc(N)cc2Br)cc1. The lowest BCUT2D eigenvalue weighted by molar-refractivity contribution is 0.865. The molecule has 0 aliphatic rings. The third-order valence-corrected chi connectivity index (χ3v) is 2.53. The van der Waals surface area contributed by atoms with Crippen molar-refractivity contribution in [3.63, 3.8) is 0 Å². The summed E-state index contributed by atoms with van der Waals surface area (Å²) in [6.07, 6.45) is 0. The van der Waals surface area contributed by atoms with Gasteiger partial charge in [-0.25, -0.2) is 4.68 Å². The third kappa shape index (κ3) is 1.65. The van der Waals surface area contributed by atoms with E-state index in [1.165, 1.54) is 5.56 Å². The van der Waals surface area contributed by atoms with Gasteiger partial charge in [0.25, 0.3) is 0 Å². The van der Waals surface area contributed by atoms with Crippen LogP contribution in [0, 0.1) is 6.92 Å². The smallest absolute Gasteiger partial charge is 0.147 e. The lowest BCUT2D eigenvalue weighted by atomic mass is 10.2. The van der Waals surface area contributed by atoms with E-state index in [9.17, 15) is 0 Å². The Morgan fingerprint density at radius 1 is 1.29 bits per heavy atom. The highest BCUT2D eigenvalue weighted by molar-refractivity contribution is 9.10. The fourth-order valence-electron chi connectivity index (χ4n) is 1.24. The van der Waals surface area contributed by atoms with E-state index in [0.29, 0.717) is 5.82 Å². The zero-order valence-corrected chi connectivity index (χ0v) is 9.32. The molecule has 72 valence electrons. The number of anilines is 1. The molecule has 0 saturated carbocycles. The topological polar surface area (TPSA) is 43.8 Å². The molecular weight excluding hydrogens is 242 g/mol. The van der Waals surface area contributed by atoms with Crippen LogP contribution in [0.5, 0.6) is 0 Å². The van der Waals surface area contributed by atoms with Gasteiger partial charge in [-0.05, 0) is 35.0 Å². The maximum atomic E-state index is 5.58. The maximum absolute atomic E-state index is 5.58. The van der Waals surface area contributed by atoms with Crippen LogP contribution in [0.2, 0.25) is 0 Å². The third-order valence-electron chi connectivity index (χ3n) is 1.96. The van der Waals surface area contributed by atoms with Crippen molar-refractivity contribution in [1.29, 1.82) is 0 Å². The monoisotopic (exact) mass is 251 g/mol. The Morgan fingerprint density at radius 3 is 2.43 bits per heavy atom.